The molecule has 3 nitrogen and oxygen atoms in total. The van der Waals surface area contributed by atoms with Gasteiger partial charge in [-0.2, -0.15) is 0 Å². The van der Waals surface area contributed by atoms with Gasteiger partial charge in [-0.05, 0) is 35.6 Å². The van der Waals surface area contributed by atoms with Crippen molar-refractivity contribution in [3.63, 3.8) is 0 Å². The molecule has 1 amide bonds. The predicted octanol–water partition coefficient (Wildman–Crippen LogP) is 2.80. The van der Waals surface area contributed by atoms with Crippen molar-refractivity contribution in [2.24, 2.45) is 5.73 Å². The highest BCUT2D eigenvalue weighted by Crippen LogP contribution is 2.28. The average Bonchev–Trinajstić information content (AvgIpc) is 2.43. The number of nitrogens with two attached hydrogens (primary N) is 1. The van der Waals surface area contributed by atoms with Crippen molar-refractivity contribution < 1.29 is 4.79 Å². The first-order chi connectivity index (χ1) is 9.65. The normalized spacial score (nSPS) is 15.9. The van der Waals surface area contributed by atoms with Crippen molar-refractivity contribution in [1.29, 1.82) is 0 Å². The first-order valence-corrected chi connectivity index (χ1v) is 7.18. The highest BCUT2D eigenvalue weighted by Gasteiger charge is 2.32. The van der Waals surface area contributed by atoms with Gasteiger partial charge in [0.1, 0.15) is 0 Å². The molecule has 0 unspecified atom stereocenters. The fourth-order valence-electron chi connectivity index (χ4n) is 2.68. The second kappa shape index (κ2) is 6.46. The number of hydrogen-bond acceptors (Lipinski definition) is 2. The van der Waals surface area contributed by atoms with E-state index in [1.165, 1.54) is 17.2 Å². The monoisotopic (exact) mass is 304 g/mol. The summed E-state index contributed by atoms with van der Waals surface area (Å²) in [7, 11) is 0. The number of amides is 1. The molecule has 2 aromatic rings. The van der Waals surface area contributed by atoms with Crippen LogP contribution in [0.3, 0.4) is 0 Å². The zero-order valence-corrected chi connectivity index (χ0v) is 12.8. The Balaban J connectivity index is 0.00000161. The standard InChI is InChI=1S/C17H20N2O.ClH/c18-17(8-3-9-17)12-19-16(20)11-13-6-7-14-4-1-2-5-15(14)10-13;/h1-2,4-7,10H,3,8-9,11-12,18H2,(H,19,20);1H. The van der Waals surface area contributed by atoms with Crippen LogP contribution >= 0.6 is 12.4 Å². The molecule has 2 aromatic carbocycles. The van der Waals surface area contributed by atoms with Gasteiger partial charge in [0.2, 0.25) is 5.91 Å². The molecule has 0 heterocycles. The molecule has 1 aliphatic carbocycles. The van der Waals surface area contributed by atoms with Gasteiger partial charge in [-0.25, -0.2) is 0 Å². The third kappa shape index (κ3) is 3.74. The van der Waals surface area contributed by atoms with E-state index in [0.717, 1.165) is 18.4 Å². The number of halogens is 1. The van der Waals surface area contributed by atoms with E-state index in [0.29, 0.717) is 13.0 Å². The van der Waals surface area contributed by atoms with E-state index in [2.05, 4.69) is 29.6 Å². The molecule has 1 fully saturated rings. The van der Waals surface area contributed by atoms with E-state index in [1.807, 2.05) is 18.2 Å². The van der Waals surface area contributed by atoms with Crippen LogP contribution in [0.25, 0.3) is 10.8 Å². The van der Waals surface area contributed by atoms with Gasteiger partial charge in [0.05, 0.1) is 6.42 Å². The largest absolute Gasteiger partial charge is 0.354 e. The number of carbonyl (C=O) groups excluding carboxylic acids is 1. The van der Waals surface area contributed by atoms with Crippen molar-refractivity contribution in [3.8, 4) is 0 Å². The lowest BCUT2D eigenvalue weighted by Crippen LogP contribution is -2.55. The van der Waals surface area contributed by atoms with E-state index in [1.54, 1.807) is 0 Å². The summed E-state index contributed by atoms with van der Waals surface area (Å²) in [5.41, 5.74) is 6.99. The number of nitrogens with one attached hydrogen (secondary N) is 1. The topological polar surface area (TPSA) is 55.1 Å². The molecule has 0 spiro atoms. The van der Waals surface area contributed by atoms with Crippen LogP contribution in [0.15, 0.2) is 42.5 Å². The van der Waals surface area contributed by atoms with Crippen LogP contribution in [0.4, 0.5) is 0 Å². The lowest BCUT2D eigenvalue weighted by molar-refractivity contribution is -0.120. The number of carbonyl (C=O) groups is 1. The molecular weight excluding hydrogens is 284 g/mol. The maximum absolute atomic E-state index is 12.0. The van der Waals surface area contributed by atoms with Crippen LogP contribution in [-0.4, -0.2) is 18.0 Å². The SMILES string of the molecule is Cl.NC1(CNC(=O)Cc2ccc3ccccc3c2)CCC1. The minimum absolute atomic E-state index is 0. The summed E-state index contributed by atoms with van der Waals surface area (Å²) in [5, 5.41) is 5.33. The maximum Gasteiger partial charge on any atom is 0.224 e. The second-order valence-electron chi connectivity index (χ2n) is 5.85. The quantitative estimate of drug-likeness (QED) is 0.912. The molecular formula is C17H21ClN2O. The highest BCUT2D eigenvalue weighted by molar-refractivity contribution is 5.86. The first-order valence-electron chi connectivity index (χ1n) is 7.18. The minimum Gasteiger partial charge on any atom is -0.354 e. The van der Waals surface area contributed by atoms with Crippen molar-refractivity contribution in [1.82, 2.24) is 5.32 Å². The molecule has 4 heteroatoms. The van der Waals surface area contributed by atoms with Gasteiger partial charge in [0.25, 0.3) is 0 Å². The van der Waals surface area contributed by atoms with Crippen LogP contribution in [0.2, 0.25) is 0 Å². The van der Waals surface area contributed by atoms with E-state index in [4.69, 9.17) is 5.73 Å². The number of fused-ring (bicyclic) bond motifs is 1. The summed E-state index contributed by atoms with van der Waals surface area (Å²) in [6, 6.07) is 14.3. The summed E-state index contributed by atoms with van der Waals surface area (Å²) in [6.45, 7) is 0.597. The highest BCUT2D eigenvalue weighted by atomic mass is 35.5. The Morgan fingerprint density at radius 3 is 2.52 bits per heavy atom. The van der Waals surface area contributed by atoms with Gasteiger partial charge in [-0.3, -0.25) is 4.79 Å². The summed E-state index contributed by atoms with van der Waals surface area (Å²) in [4.78, 5) is 12.0. The van der Waals surface area contributed by atoms with Gasteiger partial charge in [0, 0.05) is 12.1 Å². The second-order valence-corrected chi connectivity index (χ2v) is 5.85. The Bertz CT molecular complexity index is 637. The van der Waals surface area contributed by atoms with Gasteiger partial charge in [-0.15, -0.1) is 12.4 Å². The van der Waals surface area contributed by atoms with Crippen LogP contribution < -0.4 is 11.1 Å². The molecule has 0 saturated heterocycles. The number of rotatable bonds is 4. The molecule has 0 radical (unpaired) electrons. The zero-order chi connectivity index (χ0) is 14.0. The van der Waals surface area contributed by atoms with E-state index in [9.17, 15) is 4.79 Å². The molecule has 3 N–H and O–H groups in total. The Morgan fingerprint density at radius 1 is 1.14 bits per heavy atom. The van der Waals surface area contributed by atoms with Crippen molar-refractivity contribution >= 4 is 29.1 Å². The molecule has 0 aromatic heterocycles. The summed E-state index contributed by atoms with van der Waals surface area (Å²) >= 11 is 0. The summed E-state index contributed by atoms with van der Waals surface area (Å²) in [6.07, 6.45) is 3.63. The Hall–Kier alpha value is -1.58. The van der Waals surface area contributed by atoms with Crippen molar-refractivity contribution in [2.75, 3.05) is 6.54 Å². The fourth-order valence-corrected chi connectivity index (χ4v) is 2.68. The number of benzene rings is 2. The van der Waals surface area contributed by atoms with Crippen molar-refractivity contribution in [2.45, 2.75) is 31.2 Å². The minimum atomic E-state index is -0.154. The Labute approximate surface area is 131 Å². The average molecular weight is 305 g/mol. The molecule has 0 aliphatic heterocycles. The van der Waals surface area contributed by atoms with Crippen LogP contribution in [-0.2, 0) is 11.2 Å². The third-order valence-corrected chi connectivity index (χ3v) is 4.17. The Kier molecular flexibility index (Phi) is 4.86. The first kappa shape index (κ1) is 15.8. The molecule has 3 rings (SSSR count). The molecule has 21 heavy (non-hydrogen) atoms. The van der Waals surface area contributed by atoms with Gasteiger partial charge in [0.15, 0.2) is 0 Å². The maximum atomic E-state index is 12.0. The van der Waals surface area contributed by atoms with E-state index in [-0.39, 0.29) is 23.9 Å². The Morgan fingerprint density at radius 2 is 1.86 bits per heavy atom. The zero-order valence-electron chi connectivity index (χ0n) is 12.0. The molecule has 0 bridgehead atoms. The molecule has 0 atom stereocenters. The molecule has 1 saturated carbocycles. The fraction of sp³-hybridized carbons (Fsp3) is 0.353. The van der Waals surface area contributed by atoms with Crippen LogP contribution in [0.5, 0.6) is 0 Å². The third-order valence-electron chi connectivity index (χ3n) is 4.17. The lowest BCUT2D eigenvalue weighted by Gasteiger charge is -2.38. The summed E-state index contributed by atoms with van der Waals surface area (Å²) in [5.74, 6) is 0.0528. The van der Waals surface area contributed by atoms with Gasteiger partial charge >= 0.3 is 0 Å². The molecule has 1 aliphatic rings. The smallest absolute Gasteiger partial charge is 0.224 e. The van der Waals surface area contributed by atoms with E-state index >= 15 is 0 Å². The van der Waals surface area contributed by atoms with Gasteiger partial charge in [-0.1, -0.05) is 42.5 Å². The van der Waals surface area contributed by atoms with Crippen LogP contribution in [0.1, 0.15) is 24.8 Å². The lowest BCUT2D eigenvalue weighted by atomic mass is 9.78. The van der Waals surface area contributed by atoms with Crippen LogP contribution in [0, 0.1) is 0 Å². The molecule has 112 valence electrons. The van der Waals surface area contributed by atoms with Crippen molar-refractivity contribution in [3.05, 3.63) is 48.0 Å². The summed E-state index contributed by atoms with van der Waals surface area (Å²) < 4.78 is 0. The predicted molar refractivity (Wildman–Crippen MR) is 88.7 cm³/mol. The van der Waals surface area contributed by atoms with Gasteiger partial charge < -0.3 is 11.1 Å². The number of hydrogen-bond donors (Lipinski definition) is 2. The van der Waals surface area contributed by atoms with E-state index < -0.39 is 0 Å².